The number of nitrogens with zero attached hydrogens (tertiary/aromatic N) is 2. The van der Waals surface area contributed by atoms with Crippen LogP contribution in [0, 0.1) is 11.6 Å². The van der Waals surface area contributed by atoms with Gasteiger partial charge < -0.3 is 10.1 Å². The van der Waals surface area contributed by atoms with E-state index < -0.39 is 11.6 Å². The van der Waals surface area contributed by atoms with Crippen molar-refractivity contribution < 1.29 is 13.5 Å². The summed E-state index contributed by atoms with van der Waals surface area (Å²) in [5.74, 6) is -1.14. The van der Waals surface area contributed by atoms with Crippen LogP contribution in [-0.2, 0) is 0 Å². The average Bonchev–Trinajstić information content (AvgIpc) is 2.38. The van der Waals surface area contributed by atoms with Gasteiger partial charge in [-0.15, -0.1) is 0 Å². The second-order valence-electron chi connectivity index (χ2n) is 3.98. The summed E-state index contributed by atoms with van der Waals surface area (Å²) in [5, 5.41) is 3.11. The molecule has 7 heteroatoms. The summed E-state index contributed by atoms with van der Waals surface area (Å²) in [6, 6.07) is 2.84. The van der Waals surface area contributed by atoms with Gasteiger partial charge in [-0.1, -0.05) is 18.5 Å². The van der Waals surface area contributed by atoms with Crippen LogP contribution in [0.5, 0.6) is 11.6 Å². The van der Waals surface area contributed by atoms with Crippen molar-refractivity contribution in [2.24, 2.45) is 0 Å². The Hall–Kier alpha value is -1.95. The van der Waals surface area contributed by atoms with Gasteiger partial charge in [0.2, 0.25) is 11.8 Å². The molecule has 0 aliphatic heterocycles. The largest absolute Gasteiger partial charge is 0.437 e. The number of benzene rings is 1. The molecule has 4 nitrogen and oxygen atoms in total. The second-order valence-corrected chi connectivity index (χ2v) is 4.39. The fraction of sp³-hybridized carbons (Fsp3) is 0.231. The molecule has 0 aliphatic carbocycles. The number of hydrogen-bond donors (Lipinski definition) is 1. The molecule has 1 N–H and O–H groups in total. The Labute approximate surface area is 119 Å². The number of anilines is 1. The molecule has 0 fully saturated rings. The van der Waals surface area contributed by atoms with Crippen LogP contribution in [0.2, 0.25) is 5.02 Å². The molecule has 0 spiro atoms. The van der Waals surface area contributed by atoms with Gasteiger partial charge >= 0.3 is 0 Å². The lowest BCUT2D eigenvalue weighted by Crippen LogP contribution is -2.05. The molecular formula is C13H12ClF2N3O. The standard InChI is InChI=1S/C13H12ClF2N3O/c1-2-3-17-13-18-7-11(14)12(19-13)20-10-5-8(15)4-9(16)6-10/h4-7H,2-3H2,1H3,(H,17,18,19). The summed E-state index contributed by atoms with van der Waals surface area (Å²) in [4.78, 5) is 8.01. The molecule has 0 saturated carbocycles. The summed E-state index contributed by atoms with van der Waals surface area (Å²) in [6.07, 6.45) is 2.26. The van der Waals surface area contributed by atoms with E-state index in [1.165, 1.54) is 6.20 Å². The quantitative estimate of drug-likeness (QED) is 0.905. The fourth-order valence-corrected chi connectivity index (χ4v) is 1.57. The third-order valence-electron chi connectivity index (χ3n) is 2.30. The van der Waals surface area contributed by atoms with Gasteiger partial charge in [-0.3, -0.25) is 0 Å². The Balaban J connectivity index is 2.23. The number of rotatable bonds is 5. The normalized spacial score (nSPS) is 10.4. The first kappa shape index (κ1) is 14.5. The van der Waals surface area contributed by atoms with Crippen molar-refractivity contribution in [1.29, 1.82) is 0 Å². The highest BCUT2D eigenvalue weighted by atomic mass is 35.5. The highest BCUT2D eigenvalue weighted by Crippen LogP contribution is 2.28. The molecule has 0 unspecified atom stereocenters. The highest BCUT2D eigenvalue weighted by molar-refractivity contribution is 6.31. The second kappa shape index (κ2) is 6.47. The van der Waals surface area contributed by atoms with Crippen LogP contribution in [0.3, 0.4) is 0 Å². The Morgan fingerprint density at radius 2 is 1.95 bits per heavy atom. The van der Waals surface area contributed by atoms with Crippen LogP contribution in [-0.4, -0.2) is 16.5 Å². The summed E-state index contributed by atoms with van der Waals surface area (Å²) in [6.45, 7) is 2.69. The van der Waals surface area contributed by atoms with Gasteiger partial charge in [-0.05, 0) is 6.42 Å². The molecule has 0 amide bonds. The third-order valence-corrected chi connectivity index (χ3v) is 2.55. The number of aromatic nitrogens is 2. The van der Waals surface area contributed by atoms with Crippen molar-refractivity contribution in [2.75, 3.05) is 11.9 Å². The Bertz CT molecular complexity index is 590. The van der Waals surface area contributed by atoms with Gasteiger partial charge in [0, 0.05) is 24.7 Å². The van der Waals surface area contributed by atoms with Gasteiger partial charge in [0.25, 0.3) is 0 Å². The molecule has 20 heavy (non-hydrogen) atoms. The summed E-state index contributed by atoms with van der Waals surface area (Å²) < 4.78 is 31.4. The number of ether oxygens (including phenoxy) is 1. The number of halogens is 3. The molecule has 2 rings (SSSR count). The van der Waals surface area contributed by atoms with Crippen LogP contribution < -0.4 is 10.1 Å². The Kier molecular flexibility index (Phi) is 4.68. The topological polar surface area (TPSA) is 47.0 Å². The smallest absolute Gasteiger partial charge is 0.243 e. The van der Waals surface area contributed by atoms with Crippen molar-refractivity contribution in [3.63, 3.8) is 0 Å². The zero-order chi connectivity index (χ0) is 14.5. The van der Waals surface area contributed by atoms with E-state index in [2.05, 4.69) is 15.3 Å². The fourth-order valence-electron chi connectivity index (χ4n) is 1.44. The molecule has 2 aromatic rings. The minimum Gasteiger partial charge on any atom is -0.437 e. The molecule has 106 valence electrons. The predicted molar refractivity (Wildman–Crippen MR) is 72.3 cm³/mol. The molecular weight excluding hydrogens is 288 g/mol. The monoisotopic (exact) mass is 299 g/mol. The van der Waals surface area contributed by atoms with E-state index in [4.69, 9.17) is 16.3 Å². The van der Waals surface area contributed by atoms with Crippen molar-refractivity contribution in [3.05, 3.63) is 41.1 Å². The maximum absolute atomic E-state index is 13.1. The molecule has 1 aromatic carbocycles. The number of nitrogens with one attached hydrogen (secondary N) is 1. The predicted octanol–water partition coefficient (Wildman–Crippen LogP) is 4.02. The molecule has 0 atom stereocenters. The van der Waals surface area contributed by atoms with Crippen LogP contribution in [0.25, 0.3) is 0 Å². The van der Waals surface area contributed by atoms with Crippen molar-refractivity contribution in [2.45, 2.75) is 13.3 Å². The lowest BCUT2D eigenvalue weighted by atomic mass is 10.3. The molecule has 1 aromatic heterocycles. The lowest BCUT2D eigenvalue weighted by Gasteiger charge is -2.09. The van der Waals surface area contributed by atoms with E-state index in [0.717, 1.165) is 24.6 Å². The van der Waals surface area contributed by atoms with E-state index >= 15 is 0 Å². The van der Waals surface area contributed by atoms with Crippen molar-refractivity contribution in [1.82, 2.24) is 9.97 Å². The van der Waals surface area contributed by atoms with E-state index in [9.17, 15) is 8.78 Å². The molecule has 0 radical (unpaired) electrons. The van der Waals surface area contributed by atoms with Gasteiger partial charge in [0.15, 0.2) is 0 Å². The van der Waals surface area contributed by atoms with Crippen LogP contribution in [0.1, 0.15) is 13.3 Å². The van der Waals surface area contributed by atoms with Crippen LogP contribution in [0.15, 0.2) is 24.4 Å². The van der Waals surface area contributed by atoms with E-state index in [0.29, 0.717) is 12.5 Å². The first-order valence-corrected chi connectivity index (χ1v) is 6.36. The van der Waals surface area contributed by atoms with E-state index in [1.54, 1.807) is 0 Å². The van der Waals surface area contributed by atoms with Crippen molar-refractivity contribution >= 4 is 17.5 Å². The lowest BCUT2D eigenvalue weighted by molar-refractivity contribution is 0.451. The minimum absolute atomic E-state index is 0.0236. The highest BCUT2D eigenvalue weighted by Gasteiger charge is 2.09. The van der Waals surface area contributed by atoms with Gasteiger partial charge in [-0.2, -0.15) is 4.98 Å². The summed E-state index contributed by atoms with van der Waals surface area (Å²) >= 11 is 5.89. The Morgan fingerprint density at radius 3 is 2.60 bits per heavy atom. The molecule has 1 heterocycles. The van der Waals surface area contributed by atoms with Gasteiger partial charge in [0.1, 0.15) is 22.4 Å². The first-order valence-electron chi connectivity index (χ1n) is 5.99. The Morgan fingerprint density at radius 1 is 1.25 bits per heavy atom. The van der Waals surface area contributed by atoms with Crippen molar-refractivity contribution in [3.8, 4) is 11.6 Å². The van der Waals surface area contributed by atoms with Crippen LogP contribution >= 0.6 is 11.6 Å². The van der Waals surface area contributed by atoms with Gasteiger partial charge in [-0.25, -0.2) is 13.8 Å². The van der Waals surface area contributed by atoms with Gasteiger partial charge in [0.05, 0.1) is 6.20 Å². The SMILES string of the molecule is CCCNc1ncc(Cl)c(Oc2cc(F)cc(F)c2)n1. The third kappa shape index (κ3) is 3.77. The summed E-state index contributed by atoms with van der Waals surface area (Å²) in [7, 11) is 0. The van der Waals surface area contributed by atoms with E-state index in [1.807, 2.05) is 6.92 Å². The maximum Gasteiger partial charge on any atom is 0.243 e. The molecule has 0 saturated heterocycles. The molecule has 0 bridgehead atoms. The average molecular weight is 300 g/mol. The maximum atomic E-state index is 13.1. The van der Waals surface area contributed by atoms with E-state index in [-0.39, 0.29) is 16.7 Å². The first-order chi connectivity index (χ1) is 9.58. The summed E-state index contributed by atoms with van der Waals surface area (Å²) in [5.41, 5.74) is 0. The zero-order valence-corrected chi connectivity index (χ0v) is 11.4. The molecule has 0 aliphatic rings. The zero-order valence-electron chi connectivity index (χ0n) is 10.7. The van der Waals surface area contributed by atoms with Crippen LogP contribution in [0.4, 0.5) is 14.7 Å². The minimum atomic E-state index is -0.741. The number of hydrogen-bond acceptors (Lipinski definition) is 4.